The van der Waals surface area contributed by atoms with Gasteiger partial charge >= 0.3 is 12.1 Å². The van der Waals surface area contributed by atoms with Gasteiger partial charge in [0.05, 0.1) is 18.7 Å². The number of aromatic carboxylic acids is 1. The Morgan fingerprint density at radius 3 is 2.74 bits per heavy atom. The van der Waals surface area contributed by atoms with Gasteiger partial charge < -0.3 is 24.2 Å². The first-order chi connectivity index (χ1) is 14.6. The van der Waals surface area contributed by atoms with Crippen molar-refractivity contribution in [3.63, 3.8) is 0 Å². The van der Waals surface area contributed by atoms with Crippen molar-refractivity contribution < 1.29 is 28.9 Å². The number of amides is 1. The average molecular weight is 449 g/mol. The number of carboxylic acid groups (broad SMARTS) is 1. The molecule has 9 heteroatoms. The second kappa shape index (κ2) is 9.65. The lowest BCUT2D eigenvalue weighted by molar-refractivity contribution is -0.0557. The summed E-state index contributed by atoms with van der Waals surface area (Å²) in [5, 5.41) is 10.2. The molecule has 0 aliphatic carbocycles. The van der Waals surface area contributed by atoms with Crippen LogP contribution in [0.2, 0.25) is 0 Å². The third kappa shape index (κ3) is 6.41. The fraction of sp³-hybridized carbons (Fsp3) is 0.500. The molecule has 2 heterocycles. The number of ether oxygens (including phenoxy) is 3. The Balaban J connectivity index is 1.69. The van der Waals surface area contributed by atoms with Gasteiger partial charge in [0.1, 0.15) is 29.1 Å². The smallest absolute Gasteiger partial charge is 0.410 e. The van der Waals surface area contributed by atoms with Crippen molar-refractivity contribution in [2.75, 3.05) is 26.3 Å². The summed E-state index contributed by atoms with van der Waals surface area (Å²) in [6.45, 7) is 8.87. The maximum atomic E-state index is 12.3. The lowest BCUT2D eigenvalue weighted by Crippen LogP contribution is -2.49. The first-order valence-electron chi connectivity index (χ1n) is 10.2. The van der Waals surface area contributed by atoms with Gasteiger partial charge in [-0.25, -0.2) is 14.6 Å². The van der Waals surface area contributed by atoms with Gasteiger partial charge in [0, 0.05) is 23.2 Å². The van der Waals surface area contributed by atoms with E-state index in [9.17, 15) is 14.7 Å². The van der Waals surface area contributed by atoms with Gasteiger partial charge in [-0.2, -0.15) is 0 Å². The predicted octanol–water partition coefficient (Wildman–Crippen LogP) is 4.09. The molecule has 1 aliphatic rings. The van der Waals surface area contributed by atoms with Gasteiger partial charge in [0.2, 0.25) is 0 Å². The van der Waals surface area contributed by atoms with Crippen molar-refractivity contribution in [1.82, 2.24) is 9.88 Å². The molecule has 3 rings (SSSR count). The van der Waals surface area contributed by atoms with Crippen LogP contribution in [0.5, 0.6) is 5.75 Å². The minimum absolute atomic E-state index is 0.126. The summed E-state index contributed by atoms with van der Waals surface area (Å²) in [6.07, 6.45) is 1.94. The molecule has 1 fully saturated rings. The maximum Gasteiger partial charge on any atom is 0.410 e. The van der Waals surface area contributed by atoms with Crippen molar-refractivity contribution in [2.45, 2.75) is 45.8 Å². The highest BCUT2D eigenvalue weighted by molar-refractivity contribution is 7.15. The fourth-order valence-corrected chi connectivity index (χ4v) is 3.87. The van der Waals surface area contributed by atoms with Crippen LogP contribution in [0, 0.1) is 0 Å². The number of carbonyl (C=O) groups is 2. The zero-order valence-corrected chi connectivity index (χ0v) is 19.0. The molecular formula is C22H28N2O6S. The summed E-state index contributed by atoms with van der Waals surface area (Å²) in [6, 6.07) is 4.85. The Morgan fingerprint density at radius 2 is 2.10 bits per heavy atom. The van der Waals surface area contributed by atoms with Crippen molar-refractivity contribution in [1.29, 1.82) is 0 Å². The number of aryl methyl sites for hydroxylation is 1. The Bertz CT molecular complexity index is 936. The molecule has 0 bridgehead atoms. The molecule has 1 aromatic carbocycles. The molecule has 1 N–H and O–H groups in total. The highest BCUT2D eigenvalue weighted by Gasteiger charge is 2.28. The van der Waals surface area contributed by atoms with E-state index in [2.05, 4.69) is 4.98 Å². The zero-order chi connectivity index (χ0) is 22.6. The molecule has 0 radical (unpaired) electrons. The number of hydrogen-bond acceptors (Lipinski definition) is 7. The Morgan fingerprint density at radius 1 is 1.32 bits per heavy atom. The van der Waals surface area contributed by atoms with Crippen LogP contribution in [0.15, 0.2) is 24.4 Å². The number of nitrogens with zero attached hydrogens (tertiary/aromatic N) is 2. The van der Waals surface area contributed by atoms with Crippen molar-refractivity contribution in [2.24, 2.45) is 0 Å². The highest BCUT2D eigenvalue weighted by atomic mass is 32.1. The van der Waals surface area contributed by atoms with Crippen LogP contribution < -0.4 is 4.74 Å². The molecule has 0 unspecified atom stereocenters. The van der Waals surface area contributed by atoms with Gasteiger partial charge in [0.25, 0.3) is 0 Å². The molecule has 1 atom stereocenters. The Hall–Kier alpha value is -2.65. The molecule has 1 aromatic heterocycles. The summed E-state index contributed by atoms with van der Waals surface area (Å²) >= 11 is 1.53. The van der Waals surface area contributed by atoms with Crippen LogP contribution in [0.25, 0.3) is 10.6 Å². The number of morpholine rings is 1. The summed E-state index contributed by atoms with van der Waals surface area (Å²) < 4.78 is 17.0. The third-order valence-corrected chi connectivity index (χ3v) is 5.72. The van der Waals surface area contributed by atoms with Crippen LogP contribution >= 0.6 is 11.3 Å². The number of carbonyl (C=O) groups excluding carboxylic acids is 1. The van der Waals surface area contributed by atoms with E-state index in [1.165, 1.54) is 17.4 Å². The van der Waals surface area contributed by atoms with E-state index in [1.807, 2.05) is 27.7 Å². The second-order valence-corrected chi connectivity index (χ2v) is 9.38. The maximum absolute atomic E-state index is 12.3. The molecular weight excluding hydrogens is 420 g/mol. The van der Waals surface area contributed by atoms with E-state index >= 15 is 0 Å². The normalized spacial score (nSPS) is 16.8. The first-order valence-corrected chi connectivity index (χ1v) is 11.0. The fourth-order valence-electron chi connectivity index (χ4n) is 3.04. The summed E-state index contributed by atoms with van der Waals surface area (Å²) in [5.74, 6) is -0.620. The quantitative estimate of drug-likeness (QED) is 0.711. The average Bonchev–Trinajstić information content (AvgIpc) is 3.20. The van der Waals surface area contributed by atoms with E-state index in [4.69, 9.17) is 14.2 Å². The van der Waals surface area contributed by atoms with Crippen LogP contribution in [0.3, 0.4) is 0 Å². The summed E-state index contributed by atoms with van der Waals surface area (Å²) in [4.78, 5) is 31.0. The lowest BCUT2D eigenvalue weighted by Gasteiger charge is -2.34. The Labute approximate surface area is 185 Å². The van der Waals surface area contributed by atoms with Crippen LogP contribution in [-0.4, -0.2) is 65.1 Å². The van der Waals surface area contributed by atoms with Gasteiger partial charge in [0.15, 0.2) is 0 Å². The predicted molar refractivity (Wildman–Crippen MR) is 117 cm³/mol. The molecule has 1 aliphatic heterocycles. The molecule has 2 aromatic rings. The van der Waals surface area contributed by atoms with Crippen LogP contribution in [0.4, 0.5) is 4.79 Å². The van der Waals surface area contributed by atoms with E-state index in [-0.39, 0.29) is 24.4 Å². The molecule has 168 valence electrons. The van der Waals surface area contributed by atoms with Gasteiger partial charge in [-0.1, -0.05) is 6.92 Å². The monoisotopic (exact) mass is 448 g/mol. The number of aromatic nitrogens is 1. The third-order valence-electron chi connectivity index (χ3n) is 4.53. The second-order valence-electron chi connectivity index (χ2n) is 8.27. The number of rotatable bonds is 6. The van der Waals surface area contributed by atoms with E-state index < -0.39 is 11.6 Å². The summed E-state index contributed by atoms with van der Waals surface area (Å²) in [7, 11) is 0. The van der Waals surface area contributed by atoms with E-state index in [0.717, 1.165) is 16.3 Å². The van der Waals surface area contributed by atoms with Crippen LogP contribution in [-0.2, 0) is 15.9 Å². The van der Waals surface area contributed by atoms with Gasteiger partial charge in [-0.05, 0) is 45.4 Å². The van der Waals surface area contributed by atoms with E-state index in [0.29, 0.717) is 31.0 Å². The molecule has 1 amide bonds. The van der Waals surface area contributed by atoms with Gasteiger partial charge in [-0.15, -0.1) is 11.3 Å². The van der Waals surface area contributed by atoms with E-state index in [1.54, 1.807) is 23.2 Å². The highest BCUT2D eigenvalue weighted by Crippen LogP contribution is 2.30. The standard InChI is InChI=1S/C22H28N2O6S/c1-5-18-11-23-19(31-18)14-8-15(20(25)26)10-16(9-14)29-13-17-12-24(6-7-28-17)21(27)30-22(2,3)4/h8-11,17H,5-7,12-13H2,1-4H3,(H,25,26)/t17-/m1/s1. The number of hydrogen-bond donors (Lipinski definition) is 1. The topological polar surface area (TPSA) is 98.2 Å². The zero-order valence-electron chi connectivity index (χ0n) is 18.2. The lowest BCUT2D eigenvalue weighted by atomic mass is 10.1. The number of thiazole rings is 1. The molecule has 0 saturated carbocycles. The SMILES string of the molecule is CCc1cnc(-c2cc(OC[C@H]3CN(C(=O)OC(C)(C)C)CCO3)cc(C(=O)O)c2)s1. The minimum Gasteiger partial charge on any atom is -0.491 e. The van der Waals surface area contributed by atoms with Gasteiger partial charge in [-0.3, -0.25) is 0 Å². The first kappa shape index (κ1) is 23.0. The number of carboxylic acids is 1. The minimum atomic E-state index is -1.04. The van der Waals surface area contributed by atoms with Crippen molar-refractivity contribution in [3.05, 3.63) is 34.8 Å². The summed E-state index contributed by atoms with van der Waals surface area (Å²) in [5.41, 5.74) is 0.253. The number of benzene rings is 1. The molecule has 8 nitrogen and oxygen atoms in total. The van der Waals surface area contributed by atoms with Crippen molar-refractivity contribution in [3.8, 4) is 16.3 Å². The molecule has 31 heavy (non-hydrogen) atoms. The Kier molecular flexibility index (Phi) is 7.17. The molecule has 1 saturated heterocycles. The largest absolute Gasteiger partial charge is 0.491 e. The molecule has 0 spiro atoms. The van der Waals surface area contributed by atoms with Crippen LogP contribution in [0.1, 0.15) is 42.9 Å². The van der Waals surface area contributed by atoms with Crippen molar-refractivity contribution >= 4 is 23.4 Å².